The zero-order chi connectivity index (χ0) is 32.3. The van der Waals surface area contributed by atoms with Gasteiger partial charge in [0.1, 0.15) is 11.7 Å². The third-order valence-electron chi connectivity index (χ3n) is 7.97. The van der Waals surface area contributed by atoms with Crippen molar-refractivity contribution in [1.29, 1.82) is 0 Å². The fourth-order valence-corrected chi connectivity index (χ4v) is 5.54. The lowest BCUT2D eigenvalue weighted by molar-refractivity contribution is -0.194. The normalized spacial score (nSPS) is 19.0. The summed E-state index contributed by atoms with van der Waals surface area (Å²) >= 11 is 0. The van der Waals surface area contributed by atoms with Crippen LogP contribution in [0.3, 0.4) is 0 Å². The van der Waals surface area contributed by atoms with Gasteiger partial charge in [-0.15, -0.1) is 5.10 Å². The zero-order valence-electron chi connectivity index (χ0n) is 24.9. The Labute approximate surface area is 257 Å². The lowest BCUT2D eigenvalue weighted by Gasteiger charge is -2.39. The Morgan fingerprint density at radius 1 is 1.07 bits per heavy atom. The molecule has 0 radical (unpaired) electrons. The van der Waals surface area contributed by atoms with Gasteiger partial charge in [0.2, 0.25) is 11.9 Å². The van der Waals surface area contributed by atoms with Crippen LogP contribution in [-0.4, -0.2) is 95.6 Å². The number of benzene rings is 2. The van der Waals surface area contributed by atoms with E-state index in [0.717, 1.165) is 20.7 Å². The second kappa shape index (κ2) is 13.2. The van der Waals surface area contributed by atoms with Gasteiger partial charge in [-0.25, -0.2) is 4.79 Å². The van der Waals surface area contributed by atoms with E-state index in [4.69, 9.17) is 15.2 Å². The Bertz CT molecular complexity index is 1540. The molecule has 2 atom stereocenters. The number of alkyl halides is 3. The maximum atomic E-state index is 14.4. The summed E-state index contributed by atoms with van der Waals surface area (Å²) in [6.07, 6.45) is -5.34. The van der Waals surface area contributed by atoms with Gasteiger partial charge in [-0.3, -0.25) is 14.5 Å². The van der Waals surface area contributed by atoms with Crippen LogP contribution < -0.4 is 15.4 Å². The van der Waals surface area contributed by atoms with Crippen LogP contribution >= 0.6 is 0 Å². The third-order valence-corrected chi connectivity index (χ3v) is 7.97. The molecule has 2 N–H and O–H groups in total. The number of piperidine rings is 1. The molecule has 2 saturated heterocycles. The van der Waals surface area contributed by atoms with E-state index in [0.29, 0.717) is 6.54 Å². The topological polar surface area (TPSA) is 136 Å². The van der Waals surface area contributed by atoms with Crippen molar-refractivity contribution >= 4 is 23.8 Å². The van der Waals surface area contributed by atoms with Crippen LogP contribution in [0.5, 0.6) is 5.75 Å². The molecule has 0 spiro atoms. The number of methoxy groups -OCH3 is 1. The minimum atomic E-state index is -4.80. The number of nitrogens with two attached hydrogens (primary N) is 1. The number of rotatable bonds is 7. The number of morpholine rings is 1. The molecular weight excluding hydrogens is 595 g/mol. The SMILES string of the molecule is COc1ccccc1C(=O)n1nc(C2C(=O)N(C(=O)N3CCOCC3)CCC2C(F)(F)F)nc1N(C)Cc1ccc(CN)cc1. The molecule has 15 heteroatoms. The summed E-state index contributed by atoms with van der Waals surface area (Å²) in [4.78, 5) is 49.0. The Balaban J connectivity index is 1.57. The largest absolute Gasteiger partial charge is 0.496 e. The first kappa shape index (κ1) is 31.9. The summed E-state index contributed by atoms with van der Waals surface area (Å²) in [5.41, 5.74) is 7.50. The third kappa shape index (κ3) is 6.63. The van der Waals surface area contributed by atoms with Gasteiger partial charge in [-0.2, -0.15) is 22.8 Å². The molecular formula is C30H34F3N7O5. The van der Waals surface area contributed by atoms with Crippen LogP contribution in [0.2, 0.25) is 0 Å². The predicted molar refractivity (Wildman–Crippen MR) is 156 cm³/mol. The van der Waals surface area contributed by atoms with Gasteiger partial charge < -0.3 is 25.0 Å². The van der Waals surface area contributed by atoms with E-state index in [9.17, 15) is 27.6 Å². The summed E-state index contributed by atoms with van der Waals surface area (Å²) in [7, 11) is 2.99. The molecule has 0 saturated carbocycles. The van der Waals surface area contributed by atoms with E-state index < -0.39 is 54.6 Å². The Kier molecular flexibility index (Phi) is 9.39. The number of para-hydroxylation sites is 1. The predicted octanol–water partition coefficient (Wildman–Crippen LogP) is 3.02. The first-order valence-electron chi connectivity index (χ1n) is 14.4. The number of nitrogens with zero attached hydrogens (tertiary/aromatic N) is 6. The highest BCUT2D eigenvalue weighted by atomic mass is 19.4. The van der Waals surface area contributed by atoms with Crippen LogP contribution in [0.15, 0.2) is 48.5 Å². The number of amides is 3. The molecule has 2 aliphatic heterocycles. The molecule has 0 aliphatic carbocycles. The van der Waals surface area contributed by atoms with Crippen molar-refractivity contribution in [1.82, 2.24) is 24.6 Å². The first-order valence-corrected chi connectivity index (χ1v) is 14.4. The van der Waals surface area contributed by atoms with Gasteiger partial charge >= 0.3 is 12.2 Å². The number of anilines is 1. The van der Waals surface area contributed by atoms with Crippen molar-refractivity contribution < 1.29 is 37.0 Å². The number of aromatic nitrogens is 3. The van der Waals surface area contributed by atoms with Crippen LogP contribution in [-0.2, 0) is 22.6 Å². The number of hydrogen-bond acceptors (Lipinski definition) is 9. The highest BCUT2D eigenvalue weighted by Gasteiger charge is 2.54. The van der Waals surface area contributed by atoms with Gasteiger partial charge in [-0.1, -0.05) is 36.4 Å². The summed E-state index contributed by atoms with van der Waals surface area (Å²) < 4.78 is 54.8. The maximum absolute atomic E-state index is 14.4. The summed E-state index contributed by atoms with van der Waals surface area (Å²) in [5, 5.41) is 4.25. The zero-order valence-corrected chi connectivity index (χ0v) is 24.9. The smallest absolute Gasteiger partial charge is 0.393 e. The summed E-state index contributed by atoms with van der Waals surface area (Å²) in [5.74, 6) is -6.30. The molecule has 12 nitrogen and oxygen atoms in total. The van der Waals surface area contributed by atoms with Crippen molar-refractivity contribution in [2.24, 2.45) is 11.7 Å². The van der Waals surface area contributed by atoms with E-state index in [1.165, 1.54) is 18.1 Å². The minimum Gasteiger partial charge on any atom is -0.496 e. The van der Waals surface area contributed by atoms with E-state index in [1.54, 1.807) is 30.1 Å². The molecule has 1 aromatic heterocycles. The van der Waals surface area contributed by atoms with Crippen LogP contribution in [0, 0.1) is 5.92 Å². The molecule has 240 valence electrons. The molecule has 0 bridgehead atoms. The van der Waals surface area contributed by atoms with Gasteiger partial charge in [-0.05, 0) is 29.7 Å². The van der Waals surface area contributed by atoms with Crippen molar-refractivity contribution in [3.63, 3.8) is 0 Å². The highest BCUT2D eigenvalue weighted by Crippen LogP contribution is 2.43. The quantitative estimate of drug-likeness (QED) is 0.418. The van der Waals surface area contributed by atoms with E-state index in [-0.39, 0.29) is 50.1 Å². The number of ether oxygens (including phenoxy) is 2. The summed E-state index contributed by atoms with van der Waals surface area (Å²) in [6.45, 7) is 1.05. The fraction of sp³-hybridized carbons (Fsp3) is 0.433. The molecule has 2 aromatic carbocycles. The average Bonchev–Trinajstić information content (AvgIpc) is 3.49. The number of urea groups is 1. The second-order valence-corrected chi connectivity index (χ2v) is 10.9. The molecule has 2 fully saturated rings. The monoisotopic (exact) mass is 629 g/mol. The maximum Gasteiger partial charge on any atom is 0.393 e. The Morgan fingerprint density at radius 3 is 2.38 bits per heavy atom. The number of likely N-dealkylation sites (tertiary alicyclic amines) is 1. The number of carbonyl (C=O) groups is 3. The van der Waals surface area contributed by atoms with Crippen molar-refractivity contribution in [2.75, 3.05) is 51.9 Å². The number of halogens is 3. The van der Waals surface area contributed by atoms with Crippen LogP contribution in [0.4, 0.5) is 23.9 Å². The lowest BCUT2D eigenvalue weighted by atomic mass is 9.83. The van der Waals surface area contributed by atoms with Crippen molar-refractivity contribution in [2.45, 2.75) is 31.6 Å². The van der Waals surface area contributed by atoms with Crippen molar-refractivity contribution in [3.8, 4) is 5.75 Å². The molecule has 45 heavy (non-hydrogen) atoms. The molecule has 5 rings (SSSR count). The number of imide groups is 1. The molecule has 3 aromatic rings. The lowest BCUT2D eigenvalue weighted by Crippen LogP contribution is -2.56. The van der Waals surface area contributed by atoms with E-state index in [1.807, 2.05) is 24.3 Å². The Morgan fingerprint density at radius 2 is 1.73 bits per heavy atom. The van der Waals surface area contributed by atoms with Gasteiger partial charge in [0.05, 0.1) is 31.8 Å². The molecule has 3 amide bonds. The van der Waals surface area contributed by atoms with E-state index >= 15 is 0 Å². The Hall–Kier alpha value is -4.50. The minimum absolute atomic E-state index is 0.0878. The molecule has 2 unspecified atom stereocenters. The molecule has 2 aliphatic rings. The van der Waals surface area contributed by atoms with E-state index in [2.05, 4.69) is 10.1 Å². The standard InChI is InChI=1S/C30H34F3N7O5/c1-37(18-20-9-7-19(17-34)8-10-20)28-35-25(36-40(28)26(41)21-5-3-4-6-23(21)44-2)24-22(30(31,32)33)11-12-39(27(24)42)29(43)38-13-15-45-16-14-38/h3-10,22,24H,11-18,34H2,1-2H3. The summed E-state index contributed by atoms with van der Waals surface area (Å²) in [6, 6.07) is 13.0. The fourth-order valence-electron chi connectivity index (χ4n) is 5.54. The van der Waals surface area contributed by atoms with Crippen LogP contribution in [0.25, 0.3) is 0 Å². The number of carbonyl (C=O) groups excluding carboxylic acids is 3. The second-order valence-electron chi connectivity index (χ2n) is 10.9. The van der Waals surface area contributed by atoms with Gasteiger partial charge in [0, 0.05) is 39.8 Å². The highest BCUT2D eigenvalue weighted by molar-refractivity contribution is 6.00. The van der Waals surface area contributed by atoms with Gasteiger partial charge in [0.15, 0.2) is 5.82 Å². The van der Waals surface area contributed by atoms with Gasteiger partial charge in [0.25, 0.3) is 5.91 Å². The van der Waals surface area contributed by atoms with Crippen molar-refractivity contribution in [3.05, 3.63) is 71.0 Å². The van der Waals surface area contributed by atoms with Crippen LogP contribution in [0.1, 0.15) is 39.6 Å². The number of hydrogen-bond donors (Lipinski definition) is 1. The average molecular weight is 630 g/mol. The first-order chi connectivity index (χ1) is 21.5. The molecule has 3 heterocycles.